The fourth-order valence-electron chi connectivity index (χ4n) is 6.51. The van der Waals surface area contributed by atoms with Crippen LogP contribution in [0.2, 0.25) is 0 Å². The van der Waals surface area contributed by atoms with Gasteiger partial charge in [0.1, 0.15) is 36.0 Å². The highest BCUT2D eigenvalue weighted by atomic mass is 16.6. The van der Waals surface area contributed by atoms with E-state index in [1.807, 2.05) is 45.9 Å². The Morgan fingerprint density at radius 3 is 2.56 bits per heavy atom. The molecule has 1 N–H and O–H groups in total. The van der Waals surface area contributed by atoms with Crippen LogP contribution < -0.4 is 14.8 Å². The molecule has 2 aliphatic heterocycles. The van der Waals surface area contributed by atoms with Crippen LogP contribution >= 0.6 is 0 Å². The fraction of sp³-hybridized carbons (Fsp3) is 0.645. The Morgan fingerprint density at radius 2 is 1.83 bits per heavy atom. The number of benzene rings is 1. The third kappa shape index (κ3) is 5.45. The van der Waals surface area contributed by atoms with Crippen LogP contribution in [0, 0.1) is 23.2 Å². The highest BCUT2D eigenvalue weighted by Crippen LogP contribution is 2.53. The summed E-state index contributed by atoms with van der Waals surface area (Å²) in [5.41, 5.74) is 1.70. The van der Waals surface area contributed by atoms with Gasteiger partial charge in [-0.1, -0.05) is 34.1 Å². The van der Waals surface area contributed by atoms with Gasteiger partial charge in [0, 0.05) is 17.9 Å². The monoisotopic (exact) mass is 564 g/mol. The van der Waals surface area contributed by atoms with E-state index >= 15 is 0 Å². The average molecular weight is 565 g/mol. The summed E-state index contributed by atoms with van der Waals surface area (Å²) in [4.78, 5) is 50.6. The second-order valence-corrected chi connectivity index (χ2v) is 13.3. The van der Waals surface area contributed by atoms with Crippen LogP contribution in [0.25, 0.3) is 11.0 Å². The minimum Gasteiger partial charge on any atom is -0.497 e. The molecule has 2 bridgehead atoms. The number of carbonyl (C=O) groups excluding carboxylic acids is 3. The molecule has 10 heteroatoms. The van der Waals surface area contributed by atoms with Crippen molar-refractivity contribution in [1.82, 2.24) is 20.2 Å². The molecule has 41 heavy (non-hydrogen) atoms. The number of fused-ring (bicyclic) bond motifs is 7. The lowest BCUT2D eigenvalue weighted by Crippen LogP contribution is -2.56. The van der Waals surface area contributed by atoms with Gasteiger partial charge in [-0.05, 0) is 55.1 Å². The third-order valence-electron chi connectivity index (χ3n) is 9.33. The van der Waals surface area contributed by atoms with Gasteiger partial charge in [0.05, 0.1) is 30.7 Å². The van der Waals surface area contributed by atoms with Gasteiger partial charge in [0.25, 0.3) is 0 Å². The minimum atomic E-state index is -0.866. The summed E-state index contributed by atoms with van der Waals surface area (Å²) in [7, 11) is 1.61. The molecule has 10 nitrogen and oxygen atoms in total. The number of carbonyl (C=O) groups is 3. The van der Waals surface area contributed by atoms with Crippen LogP contribution in [0.1, 0.15) is 71.4 Å². The molecule has 8 atom stereocenters. The first-order valence-electron chi connectivity index (χ1n) is 14.8. The number of amides is 2. The number of nitrogens with zero attached hydrogens (tertiary/aromatic N) is 3. The van der Waals surface area contributed by atoms with E-state index in [4.69, 9.17) is 24.2 Å². The summed E-state index contributed by atoms with van der Waals surface area (Å²) in [5.74, 6) is 1.64. The first-order chi connectivity index (χ1) is 19.6. The van der Waals surface area contributed by atoms with Crippen molar-refractivity contribution in [3.05, 3.63) is 23.9 Å². The molecule has 6 rings (SSSR count). The first kappa shape index (κ1) is 27.7. The van der Waals surface area contributed by atoms with Crippen LogP contribution in [0.5, 0.6) is 11.6 Å². The van der Waals surface area contributed by atoms with Crippen LogP contribution in [-0.2, 0) is 14.3 Å². The van der Waals surface area contributed by atoms with Gasteiger partial charge in [-0.2, -0.15) is 0 Å². The Morgan fingerprint density at radius 1 is 1.05 bits per heavy atom. The van der Waals surface area contributed by atoms with E-state index in [9.17, 15) is 14.4 Å². The predicted octanol–water partition coefficient (Wildman–Crippen LogP) is 4.25. The average Bonchev–Trinajstić information content (AvgIpc) is 3.84. The Hall–Kier alpha value is -3.43. The van der Waals surface area contributed by atoms with E-state index in [-0.39, 0.29) is 30.4 Å². The lowest BCUT2D eigenvalue weighted by molar-refractivity contribution is -0.139. The van der Waals surface area contributed by atoms with Crippen LogP contribution in [0.15, 0.2) is 18.2 Å². The standard InChI is InChI=1S/C31H40N4O6/c1-16-23(15-36)35-14-25(16)40-28-26(32-21-10-9-19(39-5)13-22(21)33-28)20-11-17(20)7-6-8-18-12-24(18)41-30(38)34-27(29(35)37)31(2,3)4/h9-10,13,15-18,20,23-25,27H,6-8,11-12,14H2,1-5H3,(H,34,38)/t16-,17?,18+,20?,23+,24+,25-,27+/m0/s1. The van der Waals surface area contributed by atoms with Gasteiger partial charge < -0.3 is 29.2 Å². The van der Waals surface area contributed by atoms with E-state index in [0.717, 1.165) is 49.6 Å². The molecule has 220 valence electrons. The lowest BCUT2D eigenvalue weighted by Gasteiger charge is -2.34. The van der Waals surface area contributed by atoms with Crippen LogP contribution in [-0.4, -0.2) is 71.1 Å². The Balaban J connectivity index is 1.36. The van der Waals surface area contributed by atoms with Crippen molar-refractivity contribution in [1.29, 1.82) is 0 Å². The molecule has 1 saturated heterocycles. The van der Waals surface area contributed by atoms with E-state index in [1.54, 1.807) is 12.0 Å². The molecule has 2 aromatic rings. The fourth-order valence-corrected chi connectivity index (χ4v) is 6.51. The summed E-state index contributed by atoms with van der Waals surface area (Å²) in [6.45, 7) is 7.79. The van der Waals surface area contributed by atoms with Crippen molar-refractivity contribution in [3.8, 4) is 11.6 Å². The van der Waals surface area contributed by atoms with Gasteiger partial charge >= 0.3 is 6.09 Å². The molecule has 2 amide bonds. The van der Waals surface area contributed by atoms with Crippen LogP contribution in [0.3, 0.4) is 0 Å². The van der Waals surface area contributed by atoms with Crippen molar-refractivity contribution in [2.75, 3.05) is 13.7 Å². The number of aldehydes is 1. The van der Waals surface area contributed by atoms with Gasteiger partial charge in [-0.15, -0.1) is 0 Å². The SMILES string of the molecule is COc1ccc2nc3c(nc2c1)O[C@H]1CN(C(=O)[C@H](C(C)(C)C)NC(=O)O[C@@H]2C[C@H]2CCCC2CC32)[C@H](C=O)[C@@H]1C. The Labute approximate surface area is 240 Å². The first-order valence-corrected chi connectivity index (χ1v) is 14.8. The second-order valence-electron chi connectivity index (χ2n) is 13.3. The molecule has 2 unspecified atom stereocenters. The number of ether oxygens (including phenoxy) is 3. The zero-order chi connectivity index (χ0) is 29.1. The Kier molecular flexibility index (Phi) is 7.06. The van der Waals surface area contributed by atoms with Gasteiger partial charge in [0.2, 0.25) is 11.8 Å². The number of hydrogen-bond acceptors (Lipinski definition) is 8. The number of aromatic nitrogens is 2. The molecular weight excluding hydrogens is 524 g/mol. The maximum atomic E-state index is 13.9. The van der Waals surface area contributed by atoms with E-state index in [0.29, 0.717) is 29.0 Å². The van der Waals surface area contributed by atoms with Gasteiger partial charge in [-0.3, -0.25) is 4.79 Å². The second kappa shape index (κ2) is 10.4. The molecule has 0 radical (unpaired) electrons. The van der Waals surface area contributed by atoms with Crippen LogP contribution in [0.4, 0.5) is 4.79 Å². The molecule has 3 heterocycles. The summed E-state index contributed by atoms with van der Waals surface area (Å²) in [5, 5.41) is 2.83. The topological polar surface area (TPSA) is 120 Å². The van der Waals surface area contributed by atoms with E-state index in [2.05, 4.69) is 5.32 Å². The zero-order valence-electron chi connectivity index (χ0n) is 24.5. The molecular formula is C31H40N4O6. The maximum Gasteiger partial charge on any atom is 0.408 e. The minimum absolute atomic E-state index is 0.109. The predicted molar refractivity (Wildman–Crippen MR) is 151 cm³/mol. The quantitative estimate of drug-likeness (QED) is 0.538. The van der Waals surface area contributed by atoms with E-state index in [1.165, 1.54) is 0 Å². The van der Waals surface area contributed by atoms with E-state index < -0.39 is 29.7 Å². The maximum absolute atomic E-state index is 13.9. The smallest absolute Gasteiger partial charge is 0.408 e. The molecule has 1 aromatic heterocycles. The molecule has 2 saturated carbocycles. The van der Waals surface area contributed by atoms with Crippen molar-refractivity contribution in [2.45, 2.75) is 90.0 Å². The largest absolute Gasteiger partial charge is 0.497 e. The number of nitrogens with one attached hydrogen (secondary N) is 1. The number of hydrogen-bond donors (Lipinski definition) is 1. The number of alkyl carbamates (subject to hydrolysis) is 1. The van der Waals surface area contributed by atoms with Gasteiger partial charge in [0.15, 0.2) is 0 Å². The van der Waals surface area contributed by atoms with Crippen molar-refractivity contribution >= 4 is 29.3 Å². The molecule has 3 fully saturated rings. The summed E-state index contributed by atoms with van der Waals surface area (Å²) in [6, 6.07) is 4.07. The van der Waals surface area contributed by atoms with Crippen molar-refractivity contribution < 1.29 is 28.6 Å². The normalized spacial score (nSPS) is 33.6. The Bertz CT molecular complexity index is 1360. The van der Waals surface area contributed by atoms with Crippen molar-refractivity contribution in [2.24, 2.45) is 23.2 Å². The molecule has 4 aliphatic rings. The molecule has 2 aliphatic carbocycles. The molecule has 0 spiro atoms. The summed E-state index contributed by atoms with van der Waals surface area (Å²) in [6.07, 6.45) is 4.65. The van der Waals surface area contributed by atoms with Gasteiger partial charge in [-0.25, -0.2) is 14.8 Å². The van der Waals surface area contributed by atoms with Crippen molar-refractivity contribution in [3.63, 3.8) is 0 Å². The lowest BCUT2D eigenvalue weighted by atomic mass is 9.85. The zero-order valence-corrected chi connectivity index (χ0v) is 24.5. The highest BCUT2D eigenvalue weighted by Gasteiger charge is 2.49. The number of rotatable bonds is 2. The third-order valence-corrected chi connectivity index (χ3v) is 9.33. The summed E-state index contributed by atoms with van der Waals surface area (Å²) >= 11 is 0. The number of methoxy groups -OCH3 is 1. The molecule has 1 aromatic carbocycles. The highest BCUT2D eigenvalue weighted by molar-refractivity contribution is 5.89. The summed E-state index contributed by atoms with van der Waals surface area (Å²) < 4.78 is 17.7.